The molecule has 7 heteroatoms. The summed E-state index contributed by atoms with van der Waals surface area (Å²) in [6, 6.07) is 16.0. The number of rotatable bonds is 6. The lowest BCUT2D eigenvalue weighted by Crippen LogP contribution is -2.28. The van der Waals surface area contributed by atoms with E-state index in [0.29, 0.717) is 17.5 Å². The van der Waals surface area contributed by atoms with E-state index in [-0.39, 0.29) is 11.7 Å². The van der Waals surface area contributed by atoms with Gasteiger partial charge in [-0.2, -0.15) is 0 Å². The zero-order chi connectivity index (χ0) is 19.4. The van der Waals surface area contributed by atoms with Gasteiger partial charge in [0.2, 0.25) is 11.1 Å². The molecule has 1 amide bonds. The van der Waals surface area contributed by atoms with Crippen molar-refractivity contribution in [2.24, 2.45) is 0 Å². The number of nitrogens with two attached hydrogens (primary N) is 1. The molecule has 0 bridgehead atoms. The van der Waals surface area contributed by atoms with Crippen LogP contribution in [0.2, 0.25) is 0 Å². The number of hydrogen-bond donors (Lipinski definition) is 1. The van der Waals surface area contributed by atoms with E-state index in [1.54, 1.807) is 11.9 Å². The van der Waals surface area contributed by atoms with Crippen LogP contribution in [0.1, 0.15) is 16.7 Å². The Bertz CT molecular complexity index is 936. The second-order valence-electron chi connectivity index (χ2n) is 6.51. The van der Waals surface area contributed by atoms with E-state index < -0.39 is 0 Å². The van der Waals surface area contributed by atoms with E-state index in [1.807, 2.05) is 62.4 Å². The van der Waals surface area contributed by atoms with Crippen molar-refractivity contribution in [3.05, 3.63) is 65.2 Å². The highest BCUT2D eigenvalue weighted by molar-refractivity contribution is 7.99. The highest BCUT2D eigenvalue weighted by atomic mass is 32.2. The van der Waals surface area contributed by atoms with Crippen LogP contribution in [-0.4, -0.2) is 38.5 Å². The Hall–Kier alpha value is -2.80. The van der Waals surface area contributed by atoms with Crippen LogP contribution < -0.4 is 5.84 Å². The van der Waals surface area contributed by atoms with Gasteiger partial charge in [-0.15, -0.1) is 10.2 Å². The number of carbonyl (C=O) groups is 1. The number of aromatic nitrogens is 3. The summed E-state index contributed by atoms with van der Waals surface area (Å²) in [5.74, 6) is 6.98. The van der Waals surface area contributed by atoms with Gasteiger partial charge in [-0.05, 0) is 25.0 Å². The lowest BCUT2D eigenvalue weighted by atomic mass is 10.1. The van der Waals surface area contributed by atoms with Crippen molar-refractivity contribution in [1.29, 1.82) is 0 Å². The maximum Gasteiger partial charge on any atom is 0.233 e. The molecule has 27 heavy (non-hydrogen) atoms. The summed E-state index contributed by atoms with van der Waals surface area (Å²) in [5.41, 5.74) is 4.38. The minimum atomic E-state index is 0.0168. The van der Waals surface area contributed by atoms with Crippen LogP contribution >= 0.6 is 11.8 Å². The summed E-state index contributed by atoms with van der Waals surface area (Å²) in [6.45, 7) is 4.65. The van der Waals surface area contributed by atoms with E-state index in [9.17, 15) is 4.79 Å². The number of benzene rings is 2. The second-order valence-corrected chi connectivity index (χ2v) is 7.45. The molecule has 0 saturated heterocycles. The SMILES string of the molecule is Cc1ccc(-c2nnc(SCC(=O)N(C)Cc3ccccc3C)n2N)cc1. The van der Waals surface area contributed by atoms with Crippen molar-refractivity contribution in [3.8, 4) is 11.4 Å². The lowest BCUT2D eigenvalue weighted by Gasteiger charge is -2.18. The van der Waals surface area contributed by atoms with Crippen molar-refractivity contribution in [2.75, 3.05) is 18.6 Å². The number of aryl methyl sites for hydroxylation is 2. The molecule has 0 radical (unpaired) electrons. The molecule has 0 aliphatic heterocycles. The summed E-state index contributed by atoms with van der Waals surface area (Å²) < 4.78 is 1.43. The summed E-state index contributed by atoms with van der Waals surface area (Å²) in [5, 5.41) is 8.80. The van der Waals surface area contributed by atoms with Gasteiger partial charge >= 0.3 is 0 Å². The van der Waals surface area contributed by atoms with E-state index in [4.69, 9.17) is 5.84 Å². The molecular formula is C20H23N5OS. The van der Waals surface area contributed by atoms with Crippen LogP contribution in [-0.2, 0) is 11.3 Å². The fraction of sp³-hybridized carbons (Fsp3) is 0.250. The van der Waals surface area contributed by atoms with Crippen LogP contribution in [0, 0.1) is 13.8 Å². The van der Waals surface area contributed by atoms with Crippen molar-refractivity contribution in [2.45, 2.75) is 25.5 Å². The number of thioether (sulfide) groups is 1. The van der Waals surface area contributed by atoms with Gasteiger partial charge in [-0.3, -0.25) is 4.79 Å². The Morgan fingerprint density at radius 3 is 2.52 bits per heavy atom. The first-order chi connectivity index (χ1) is 13.0. The smallest absolute Gasteiger partial charge is 0.233 e. The molecule has 0 unspecified atom stereocenters. The number of amides is 1. The molecule has 6 nitrogen and oxygen atoms in total. The fourth-order valence-corrected chi connectivity index (χ4v) is 3.44. The second kappa shape index (κ2) is 8.26. The van der Waals surface area contributed by atoms with Gasteiger partial charge in [0.1, 0.15) is 0 Å². The van der Waals surface area contributed by atoms with Crippen LogP contribution in [0.15, 0.2) is 53.7 Å². The Balaban J connectivity index is 1.62. The fourth-order valence-electron chi connectivity index (χ4n) is 2.64. The van der Waals surface area contributed by atoms with Gasteiger partial charge in [-0.25, -0.2) is 4.68 Å². The van der Waals surface area contributed by atoms with E-state index in [2.05, 4.69) is 10.2 Å². The van der Waals surface area contributed by atoms with Crippen LogP contribution in [0.25, 0.3) is 11.4 Å². The Morgan fingerprint density at radius 2 is 1.81 bits per heavy atom. The zero-order valence-electron chi connectivity index (χ0n) is 15.7. The molecule has 0 spiro atoms. The summed E-state index contributed by atoms with van der Waals surface area (Å²) in [6.07, 6.45) is 0. The Kier molecular flexibility index (Phi) is 5.81. The molecule has 3 rings (SSSR count). The molecule has 0 aliphatic carbocycles. The van der Waals surface area contributed by atoms with Gasteiger partial charge in [0.05, 0.1) is 5.75 Å². The molecule has 140 valence electrons. The molecule has 0 fully saturated rings. The minimum Gasteiger partial charge on any atom is -0.341 e. The minimum absolute atomic E-state index is 0.0168. The average Bonchev–Trinajstić information content (AvgIpc) is 3.03. The highest BCUT2D eigenvalue weighted by Gasteiger charge is 2.16. The molecule has 3 aromatic rings. The molecule has 1 aromatic heterocycles. The number of carbonyl (C=O) groups excluding carboxylic acids is 1. The van der Waals surface area contributed by atoms with E-state index in [1.165, 1.54) is 27.6 Å². The monoisotopic (exact) mass is 381 g/mol. The van der Waals surface area contributed by atoms with Crippen molar-refractivity contribution >= 4 is 17.7 Å². The molecule has 0 aliphatic rings. The van der Waals surface area contributed by atoms with E-state index >= 15 is 0 Å². The maximum absolute atomic E-state index is 12.5. The Labute approximate surface area is 163 Å². The van der Waals surface area contributed by atoms with Gasteiger partial charge in [0.25, 0.3) is 0 Å². The summed E-state index contributed by atoms with van der Waals surface area (Å²) in [4.78, 5) is 14.2. The summed E-state index contributed by atoms with van der Waals surface area (Å²) >= 11 is 1.29. The normalized spacial score (nSPS) is 10.8. The zero-order valence-corrected chi connectivity index (χ0v) is 16.5. The van der Waals surface area contributed by atoms with Gasteiger partial charge in [-0.1, -0.05) is 65.9 Å². The lowest BCUT2D eigenvalue weighted by molar-refractivity contribution is -0.127. The largest absolute Gasteiger partial charge is 0.341 e. The predicted molar refractivity (Wildman–Crippen MR) is 109 cm³/mol. The highest BCUT2D eigenvalue weighted by Crippen LogP contribution is 2.22. The van der Waals surface area contributed by atoms with Crippen molar-refractivity contribution in [1.82, 2.24) is 19.8 Å². The van der Waals surface area contributed by atoms with Gasteiger partial charge in [0.15, 0.2) is 5.82 Å². The van der Waals surface area contributed by atoms with Crippen LogP contribution in [0.3, 0.4) is 0 Å². The first kappa shape index (κ1) is 19.0. The third-order valence-corrected chi connectivity index (χ3v) is 5.32. The topological polar surface area (TPSA) is 77.0 Å². The van der Waals surface area contributed by atoms with Crippen LogP contribution in [0.5, 0.6) is 0 Å². The molecule has 0 saturated carbocycles. The number of nitrogens with zero attached hydrogens (tertiary/aromatic N) is 4. The van der Waals surface area contributed by atoms with Gasteiger partial charge in [0, 0.05) is 19.2 Å². The first-order valence-corrected chi connectivity index (χ1v) is 9.63. The Morgan fingerprint density at radius 1 is 1.11 bits per heavy atom. The number of nitrogen functional groups attached to an aromatic ring is 1. The maximum atomic E-state index is 12.5. The molecule has 0 atom stereocenters. The van der Waals surface area contributed by atoms with Gasteiger partial charge < -0.3 is 10.7 Å². The summed E-state index contributed by atoms with van der Waals surface area (Å²) in [7, 11) is 1.81. The number of hydrogen-bond acceptors (Lipinski definition) is 5. The third-order valence-electron chi connectivity index (χ3n) is 4.39. The quantitative estimate of drug-likeness (QED) is 0.525. The molecule has 2 aromatic carbocycles. The van der Waals surface area contributed by atoms with Crippen molar-refractivity contribution < 1.29 is 4.79 Å². The van der Waals surface area contributed by atoms with E-state index in [0.717, 1.165) is 11.1 Å². The predicted octanol–water partition coefficient (Wildman–Crippen LogP) is 3.03. The average molecular weight is 382 g/mol. The molecule has 1 heterocycles. The standard InChI is InChI=1S/C20H23N5OS/c1-14-8-10-16(11-9-14)19-22-23-20(25(19)21)27-13-18(26)24(3)12-17-7-5-4-6-15(17)2/h4-11H,12-13,21H2,1-3H3. The molecule has 2 N–H and O–H groups in total. The third kappa shape index (κ3) is 4.49. The first-order valence-electron chi connectivity index (χ1n) is 8.64. The molecular weight excluding hydrogens is 358 g/mol. The van der Waals surface area contributed by atoms with Crippen LogP contribution in [0.4, 0.5) is 0 Å². The van der Waals surface area contributed by atoms with Crippen molar-refractivity contribution in [3.63, 3.8) is 0 Å².